The monoisotopic (exact) mass is 305 g/mol. The molecule has 1 aliphatic rings. The average Bonchev–Trinajstić information content (AvgIpc) is 2.93. The molecule has 2 aromatic rings. The Morgan fingerprint density at radius 3 is 3.05 bits per heavy atom. The number of nitrogens with two attached hydrogens (primary N) is 1. The number of nitrogens with one attached hydrogen (secondary N) is 1. The van der Waals surface area contributed by atoms with E-state index in [0.717, 1.165) is 41.7 Å². The van der Waals surface area contributed by atoms with E-state index < -0.39 is 0 Å². The van der Waals surface area contributed by atoms with Crippen LogP contribution in [0.4, 0.5) is 5.95 Å². The van der Waals surface area contributed by atoms with Gasteiger partial charge in [0, 0.05) is 30.1 Å². The second kappa shape index (κ2) is 6.03. The van der Waals surface area contributed by atoms with Crippen molar-refractivity contribution in [3.8, 4) is 0 Å². The quantitative estimate of drug-likeness (QED) is 0.913. The number of aromatic amines is 1. The predicted octanol–water partition coefficient (Wildman–Crippen LogP) is 2.36. The highest BCUT2D eigenvalue weighted by Crippen LogP contribution is 2.22. The number of hydrogen-bond acceptors (Lipinski definition) is 4. The zero-order chi connectivity index (χ0) is 14.8. The van der Waals surface area contributed by atoms with Gasteiger partial charge in [-0.3, -0.25) is 5.10 Å². The highest BCUT2D eigenvalue weighted by atomic mass is 35.5. The van der Waals surface area contributed by atoms with E-state index in [4.69, 9.17) is 17.3 Å². The van der Waals surface area contributed by atoms with Crippen molar-refractivity contribution in [2.24, 2.45) is 5.73 Å². The molecule has 2 unspecified atom stereocenters. The standard InChI is InChI=1S/C15H20ClN5/c1-10-13(17)7-4-8-21(10)15-18-14(19-20-15)9-11-5-2-3-6-12(11)16/h2-3,5-6,10,13H,4,7-9,17H2,1H3,(H,18,19,20). The predicted molar refractivity (Wildman–Crippen MR) is 84.7 cm³/mol. The molecule has 0 radical (unpaired) electrons. The smallest absolute Gasteiger partial charge is 0.245 e. The highest BCUT2D eigenvalue weighted by Gasteiger charge is 2.27. The molecular formula is C15H20ClN5. The van der Waals surface area contributed by atoms with Crippen LogP contribution in [-0.2, 0) is 6.42 Å². The molecule has 3 rings (SSSR count). The van der Waals surface area contributed by atoms with E-state index in [2.05, 4.69) is 27.0 Å². The van der Waals surface area contributed by atoms with Crippen LogP contribution in [0.2, 0.25) is 5.02 Å². The zero-order valence-electron chi connectivity index (χ0n) is 12.1. The minimum Gasteiger partial charge on any atom is -0.335 e. The molecule has 5 nitrogen and oxygen atoms in total. The molecule has 1 fully saturated rings. The lowest BCUT2D eigenvalue weighted by atomic mass is 9.99. The summed E-state index contributed by atoms with van der Waals surface area (Å²) in [6.45, 7) is 3.09. The molecule has 0 bridgehead atoms. The lowest BCUT2D eigenvalue weighted by Crippen LogP contribution is -2.50. The molecule has 1 aromatic heterocycles. The third-order valence-electron chi connectivity index (χ3n) is 4.14. The van der Waals surface area contributed by atoms with Crippen LogP contribution in [0.1, 0.15) is 31.2 Å². The number of H-pyrrole nitrogens is 1. The van der Waals surface area contributed by atoms with Gasteiger partial charge in [-0.05, 0) is 31.4 Å². The summed E-state index contributed by atoms with van der Waals surface area (Å²) in [6.07, 6.45) is 2.80. The summed E-state index contributed by atoms with van der Waals surface area (Å²) < 4.78 is 0. The van der Waals surface area contributed by atoms with Crippen LogP contribution in [0.15, 0.2) is 24.3 Å². The molecule has 0 saturated carbocycles. The summed E-state index contributed by atoms with van der Waals surface area (Å²) in [6, 6.07) is 8.25. The molecule has 6 heteroatoms. The average molecular weight is 306 g/mol. The summed E-state index contributed by atoms with van der Waals surface area (Å²) in [7, 11) is 0. The van der Waals surface area contributed by atoms with E-state index in [1.54, 1.807) is 0 Å². The fraction of sp³-hybridized carbons (Fsp3) is 0.467. The largest absolute Gasteiger partial charge is 0.335 e. The van der Waals surface area contributed by atoms with Crippen molar-refractivity contribution in [2.75, 3.05) is 11.4 Å². The minimum absolute atomic E-state index is 0.185. The number of benzene rings is 1. The fourth-order valence-corrected chi connectivity index (χ4v) is 2.97. The van der Waals surface area contributed by atoms with Crippen LogP contribution < -0.4 is 10.6 Å². The van der Waals surface area contributed by atoms with Gasteiger partial charge in [0.1, 0.15) is 5.82 Å². The fourth-order valence-electron chi connectivity index (χ4n) is 2.77. The van der Waals surface area contributed by atoms with Crippen molar-refractivity contribution in [2.45, 2.75) is 38.3 Å². The molecule has 1 aliphatic heterocycles. The first kappa shape index (κ1) is 14.4. The number of nitrogens with zero attached hydrogens (tertiary/aromatic N) is 3. The number of piperidine rings is 1. The second-order valence-corrected chi connectivity index (χ2v) is 6.00. The zero-order valence-corrected chi connectivity index (χ0v) is 12.8. The Labute approximate surface area is 129 Å². The van der Waals surface area contributed by atoms with E-state index >= 15 is 0 Å². The summed E-state index contributed by atoms with van der Waals surface area (Å²) in [5.74, 6) is 1.56. The third kappa shape index (κ3) is 3.04. The van der Waals surface area contributed by atoms with Crippen LogP contribution >= 0.6 is 11.6 Å². The van der Waals surface area contributed by atoms with E-state index in [9.17, 15) is 0 Å². The SMILES string of the molecule is CC1C(N)CCCN1c1n[nH]c(Cc2ccccc2Cl)n1. The van der Waals surface area contributed by atoms with Crippen molar-refractivity contribution in [3.63, 3.8) is 0 Å². The van der Waals surface area contributed by atoms with E-state index in [0.29, 0.717) is 6.42 Å². The lowest BCUT2D eigenvalue weighted by molar-refractivity contribution is 0.416. The minimum atomic E-state index is 0.185. The molecule has 0 amide bonds. The molecule has 1 saturated heterocycles. The van der Waals surface area contributed by atoms with Gasteiger partial charge in [0.2, 0.25) is 5.95 Å². The highest BCUT2D eigenvalue weighted by molar-refractivity contribution is 6.31. The number of hydrogen-bond donors (Lipinski definition) is 2. The van der Waals surface area contributed by atoms with E-state index in [1.807, 2.05) is 24.3 Å². The van der Waals surface area contributed by atoms with Crippen LogP contribution in [-0.4, -0.2) is 33.8 Å². The van der Waals surface area contributed by atoms with Gasteiger partial charge < -0.3 is 10.6 Å². The molecule has 0 spiro atoms. The normalized spacial score (nSPS) is 22.5. The number of rotatable bonds is 3. The molecule has 0 aliphatic carbocycles. The molecular weight excluding hydrogens is 286 g/mol. The van der Waals surface area contributed by atoms with Crippen LogP contribution in [0, 0.1) is 0 Å². The van der Waals surface area contributed by atoms with Crippen LogP contribution in [0.5, 0.6) is 0 Å². The number of anilines is 1. The van der Waals surface area contributed by atoms with Gasteiger partial charge in [-0.1, -0.05) is 29.8 Å². The Morgan fingerprint density at radius 1 is 1.43 bits per heavy atom. The van der Waals surface area contributed by atoms with Gasteiger partial charge in [-0.2, -0.15) is 4.98 Å². The summed E-state index contributed by atoms with van der Waals surface area (Å²) >= 11 is 6.18. The molecule has 1 aromatic carbocycles. The summed E-state index contributed by atoms with van der Waals surface area (Å²) in [5.41, 5.74) is 7.18. The Hall–Kier alpha value is -1.59. The summed E-state index contributed by atoms with van der Waals surface area (Å²) in [4.78, 5) is 6.78. The van der Waals surface area contributed by atoms with Gasteiger partial charge in [0.05, 0.1) is 0 Å². The Kier molecular flexibility index (Phi) is 4.12. The lowest BCUT2D eigenvalue weighted by Gasteiger charge is -2.36. The number of halogens is 1. The van der Waals surface area contributed by atoms with Gasteiger partial charge in [-0.25, -0.2) is 0 Å². The first-order valence-corrected chi connectivity index (χ1v) is 7.70. The molecule has 2 heterocycles. The maximum atomic E-state index is 6.18. The molecule has 3 N–H and O–H groups in total. The van der Waals surface area contributed by atoms with Crippen molar-refractivity contribution < 1.29 is 0 Å². The van der Waals surface area contributed by atoms with Gasteiger partial charge >= 0.3 is 0 Å². The van der Waals surface area contributed by atoms with Crippen molar-refractivity contribution in [1.29, 1.82) is 0 Å². The van der Waals surface area contributed by atoms with Crippen LogP contribution in [0.25, 0.3) is 0 Å². The van der Waals surface area contributed by atoms with Crippen LogP contribution in [0.3, 0.4) is 0 Å². The topological polar surface area (TPSA) is 70.8 Å². The van der Waals surface area contributed by atoms with E-state index in [1.165, 1.54) is 0 Å². The maximum absolute atomic E-state index is 6.18. The van der Waals surface area contributed by atoms with Crippen molar-refractivity contribution in [1.82, 2.24) is 15.2 Å². The second-order valence-electron chi connectivity index (χ2n) is 5.59. The Morgan fingerprint density at radius 2 is 2.24 bits per heavy atom. The molecule has 112 valence electrons. The Bertz CT molecular complexity index is 612. The van der Waals surface area contributed by atoms with E-state index in [-0.39, 0.29) is 12.1 Å². The molecule has 2 atom stereocenters. The third-order valence-corrected chi connectivity index (χ3v) is 4.51. The van der Waals surface area contributed by atoms with Crippen molar-refractivity contribution in [3.05, 3.63) is 40.7 Å². The van der Waals surface area contributed by atoms with Crippen molar-refractivity contribution >= 4 is 17.5 Å². The van der Waals surface area contributed by atoms with Gasteiger partial charge in [-0.15, -0.1) is 5.10 Å². The summed E-state index contributed by atoms with van der Waals surface area (Å²) in [5, 5.41) is 8.11. The maximum Gasteiger partial charge on any atom is 0.245 e. The van der Waals surface area contributed by atoms with Gasteiger partial charge in [0.15, 0.2) is 0 Å². The van der Waals surface area contributed by atoms with Gasteiger partial charge in [0.25, 0.3) is 0 Å². The first-order chi connectivity index (χ1) is 10.1. The first-order valence-electron chi connectivity index (χ1n) is 7.32. The Balaban J connectivity index is 1.76. The number of aromatic nitrogens is 3. The molecule has 21 heavy (non-hydrogen) atoms.